The molecule has 10 heteroatoms. The Hall–Kier alpha value is -2.36. The fourth-order valence-electron chi connectivity index (χ4n) is 1.85. The molecule has 0 heterocycles. The van der Waals surface area contributed by atoms with Crippen LogP contribution in [0.3, 0.4) is 0 Å². The zero-order valence-corrected chi connectivity index (χ0v) is 17.9. The molecule has 0 aliphatic rings. The summed E-state index contributed by atoms with van der Waals surface area (Å²) in [5.41, 5.74) is 4.26. The Morgan fingerprint density at radius 2 is 1.39 bits per heavy atom. The van der Waals surface area contributed by atoms with Gasteiger partial charge in [0, 0.05) is 6.54 Å². The maximum Gasteiger partial charge on any atom is 0.414 e. The SMILES string of the molecule is COC(=O)C(N)CCCCN=C(NC(=O)OC(C)(C)C)NC(=O)OC(C)(C)C. The summed E-state index contributed by atoms with van der Waals surface area (Å²) in [5.74, 6) is -0.553. The van der Waals surface area contributed by atoms with E-state index in [2.05, 4.69) is 20.4 Å². The molecule has 0 aliphatic heterocycles. The minimum absolute atomic E-state index is 0.0826. The van der Waals surface area contributed by atoms with E-state index in [4.69, 9.17) is 15.2 Å². The van der Waals surface area contributed by atoms with Crippen LogP contribution < -0.4 is 16.4 Å². The zero-order valence-electron chi connectivity index (χ0n) is 17.9. The molecule has 0 radical (unpaired) electrons. The fourth-order valence-corrected chi connectivity index (χ4v) is 1.85. The van der Waals surface area contributed by atoms with Crippen LogP contribution >= 0.6 is 0 Å². The summed E-state index contributed by atoms with van der Waals surface area (Å²) in [5, 5.41) is 4.79. The van der Waals surface area contributed by atoms with Crippen LogP contribution in [0.5, 0.6) is 0 Å². The number of carbonyl (C=O) groups is 3. The van der Waals surface area contributed by atoms with E-state index < -0.39 is 35.4 Å². The van der Waals surface area contributed by atoms with Gasteiger partial charge in [-0.15, -0.1) is 0 Å². The number of guanidine groups is 1. The Kier molecular flexibility index (Phi) is 10.5. The lowest BCUT2D eigenvalue weighted by atomic mass is 10.1. The number of nitrogens with one attached hydrogen (secondary N) is 2. The van der Waals surface area contributed by atoms with E-state index in [1.807, 2.05) is 0 Å². The minimum Gasteiger partial charge on any atom is -0.468 e. The van der Waals surface area contributed by atoms with E-state index in [1.54, 1.807) is 41.5 Å². The zero-order chi connectivity index (χ0) is 22.0. The molecule has 162 valence electrons. The van der Waals surface area contributed by atoms with Crippen LogP contribution in [0.15, 0.2) is 4.99 Å². The van der Waals surface area contributed by atoms with Gasteiger partial charge in [0.1, 0.15) is 17.2 Å². The Labute approximate surface area is 166 Å². The number of hydrogen-bond acceptors (Lipinski definition) is 8. The van der Waals surface area contributed by atoms with E-state index in [-0.39, 0.29) is 12.5 Å². The third-order valence-electron chi connectivity index (χ3n) is 2.94. The van der Waals surface area contributed by atoms with Crippen LogP contribution in [0.25, 0.3) is 0 Å². The minimum atomic E-state index is -0.755. The first-order valence-corrected chi connectivity index (χ1v) is 9.11. The number of unbranched alkanes of at least 4 members (excludes halogenated alkanes) is 1. The van der Waals surface area contributed by atoms with Gasteiger partial charge in [0.2, 0.25) is 5.96 Å². The molecule has 0 rings (SSSR count). The van der Waals surface area contributed by atoms with Crippen LogP contribution in [-0.2, 0) is 19.0 Å². The molecule has 0 aliphatic carbocycles. The number of methoxy groups -OCH3 is 1. The molecule has 1 atom stereocenters. The van der Waals surface area contributed by atoms with Crippen molar-refractivity contribution in [3.05, 3.63) is 0 Å². The van der Waals surface area contributed by atoms with Crippen molar-refractivity contribution in [2.45, 2.75) is 78.0 Å². The van der Waals surface area contributed by atoms with Gasteiger partial charge in [-0.3, -0.25) is 20.4 Å². The predicted molar refractivity (Wildman–Crippen MR) is 105 cm³/mol. The van der Waals surface area contributed by atoms with Crippen molar-refractivity contribution in [3.8, 4) is 0 Å². The number of amides is 2. The van der Waals surface area contributed by atoms with Crippen LogP contribution in [0.2, 0.25) is 0 Å². The van der Waals surface area contributed by atoms with Gasteiger partial charge in [-0.25, -0.2) is 9.59 Å². The summed E-state index contributed by atoms with van der Waals surface area (Å²) in [6, 6.07) is -0.687. The maximum absolute atomic E-state index is 11.9. The lowest BCUT2D eigenvalue weighted by Gasteiger charge is -2.22. The van der Waals surface area contributed by atoms with Crippen LogP contribution in [0.1, 0.15) is 60.8 Å². The Balaban J connectivity index is 4.78. The number of carbonyl (C=O) groups excluding carboxylic acids is 3. The lowest BCUT2D eigenvalue weighted by molar-refractivity contribution is -0.142. The van der Waals surface area contributed by atoms with Gasteiger partial charge in [0.15, 0.2) is 0 Å². The number of nitrogens with two attached hydrogens (primary N) is 1. The molecule has 0 aromatic rings. The summed E-state index contributed by atoms with van der Waals surface area (Å²) in [6.45, 7) is 10.6. The van der Waals surface area contributed by atoms with Crippen molar-refractivity contribution >= 4 is 24.1 Å². The molecule has 28 heavy (non-hydrogen) atoms. The number of alkyl carbamates (subject to hydrolysis) is 2. The van der Waals surface area contributed by atoms with Crippen molar-refractivity contribution in [1.82, 2.24) is 10.6 Å². The molecular weight excluding hydrogens is 368 g/mol. The fraction of sp³-hybridized carbons (Fsp3) is 0.778. The van der Waals surface area contributed by atoms with Gasteiger partial charge >= 0.3 is 18.2 Å². The maximum atomic E-state index is 11.9. The highest BCUT2D eigenvalue weighted by Gasteiger charge is 2.21. The van der Waals surface area contributed by atoms with E-state index in [1.165, 1.54) is 7.11 Å². The van der Waals surface area contributed by atoms with Crippen molar-refractivity contribution in [1.29, 1.82) is 0 Å². The third kappa shape index (κ3) is 13.8. The number of aliphatic imine (C=N–C) groups is 1. The molecule has 0 aromatic carbocycles. The van der Waals surface area contributed by atoms with E-state index in [0.717, 1.165) is 0 Å². The normalized spacial score (nSPS) is 12.4. The summed E-state index contributed by atoms with van der Waals surface area (Å²) < 4.78 is 14.9. The van der Waals surface area contributed by atoms with Crippen molar-refractivity contribution < 1.29 is 28.6 Å². The molecule has 0 spiro atoms. The number of rotatable bonds is 6. The topological polar surface area (TPSA) is 141 Å². The second-order valence-electron chi connectivity index (χ2n) is 8.11. The molecular formula is C18H34N4O6. The van der Waals surface area contributed by atoms with Crippen molar-refractivity contribution in [2.75, 3.05) is 13.7 Å². The largest absolute Gasteiger partial charge is 0.468 e. The monoisotopic (exact) mass is 402 g/mol. The standard InChI is InChI=1S/C18H34N4O6/c1-17(2,3)27-15(24)21-14(22-16(25)28-18(4,5)6)20-11-9-8-10-12(19)13(23)26-7/h12H,8-11,19H2,1-7H3,(H2,20,21,22,24,25). The summed E-state index contributed by atoms with van der Waals surface area (Å²) >= 11 is 0. The van der Waals surface area contributed by atoms with Crippen LogP contribution in [0.4, 0.5) is 9.59 Å². The van der Waals surface area contributed by atoms with Gasteiger partial charge in [0.25, 0.3) is 0 Å². The molecule has 1 unspecified atom stereocenters. The highest BCUT2D eigenvalue weighted by molar-refractivity contribution is 6.01. The second-order valence-corrected chi connectivity index (χ2v) is 8.11. The molecule has 2 amide bonds. The van der Waals surface area contributed by atoms with Gasteiger partial charge in [-0.2, -0.15) is 0 Å². The van der Waals surface area contributed by atoms with Crippen molar-refractivity contribution in [2.24, 2.45) is 10.7 Å². The first-order valence-electron chi connectivity index (χ1n) is 9.11. The Morgan fingerprint density at radius 1 is 0.929 bits per heavy atom. The smallest absolute Gasteiger partial charge is 0.414 e. The molecule has 0 saturated carbocycles. The summed E-state index contributed by atoms with van der Waals surface area (Å²) in [7, 11) is 1.28. The van der Waals surface area contributed by atoms with Gasteiger partial charge in [-0.05, 0) is 60.8 Å². The van der Waals surface area contributed by atoms with Crippen LogP contribution in [0, 0.1) is 0 Å². The highest BCUT2D eigenvalue weighted by Crippen LogP contribution is 2.08. The lowest BCUT2D eigenvalue weighted by Crippen LogP contribution is -2.47. The quantitative estimate of drug-likeness (QED) is 0.203. The third-order valence-corrected chi connectivity index (χ3v) is 2.94. The Morgan fingerprint density at radius 3 is 1.79 bits per heavy atom. The number of nitrogens with zero attached hydrogens (tertiary/aromatic N) is 1. The molecule has 0 saturated heterocycles. The summed E-state index contributed by atoms with van der Waals surface area (Å²) in [6.07, 6.45) is 0.132. The predicted octanol–water partition coefficient (Wildman–Crippen LogP) is 2.06. The first kappa shape index (κ1) is 25.6. The van der Waals surface area contributed by atoms with Gasteiger partial charge < -0.3 is 19.9 Å². The number of esters is 1. The first-order chi connectivity index (χ1) is 12.7. The molecule has 10 nitrogen and oxygen atoms in total. The average molecular weight is 402 g/mol. The van der Waals surface area contributed by atoms with Crippen molar-refractivity contribution in [3.63, 3.8) is 0 Å². The summed E-state index contributed by atoms with van der Waals surface area (Å²) in [4.78, 5) is 39.3. The van der Waals surface area contributed by atoms with Gasteiger partial charge in [0.05, 0.1) is 7.11 Å². The van der Waals surface area contributed by atoms with Crippen LogP contribution in [-0.4, -0.2) is 55.0 Å². The van der Waals surface area contributed by atoms with E-state index in [9.17, 15) is 14.4 Å². The van der Waals surface area contributed by atoms with E-state index in [0.29, 0.717) is 19.3 Å². The molecule has 0 bridgehead atoms. The average Bonchev–Trinajstić information content (AvgIpc) is 2.49. The van der Waals surface area contributed by atoms with E-state index >= 15 is 0 Å². The Bertz CT molecular complexity index is 531. The number of hydrogen-bond donors (Lipinski definition) is 3. The molecule has 0 aromatic heterocycles. The highest BCUT2D eigenvalue weighted by atomic mass is 16.6. The molecule has 4 N–H and O–H groups in total. The molecule has 0 fully saturated rings. The van der Waals surface area contributed by atoms with Gasteiger partial charge in [-0.1, -0.05) is 0 Å². The second kappa shape index (κ2) is 11.5. The number of ether oxygens (including phenoxy) is 3.